The number of nitrogens with zero attached hydrogens (tertiary/aromatic N) is 1. The molecule has 0 bridgehead atoms. The Kier molecular flexibility index (Phi) is 3.89. The number of aryl methyl sites for hydroxylation is 1. The van der Waals surface area contributed by atoms with Crippen molar-refractivity contribution >= 4 is 28.8 Å². The highest BCUT2D eigenvalue weighted by molar-refractivity contribution is 7.14. The zero-order valence-electron chi connectivity index (χ0n) is 9.53. The van der Waals surface area contributed by atoms with Gasteiger partial charge in [-0.3, -0.25) is 9.59 Å². The van der Waals surface area contributed by atoms with Crippen LogP contribution in [0.15, 0.2) is 6.07 Å². The molecular formula is C10H15N3O2S. The Hall–Kier alpha value is -1.56. The van der Waals surface area contributed by atoms with Crippen LogP contribution in [0.2, 0.25) is 0 Å². The van der Waals surface area contributed by atoms with Crippen LogP contribution in [-0.2, 0) is 4.79 Å². The van der Waals surface area contributed by atoms with Gasteiger partial charge in [0, 0.05) is 24.7 Å². The highest BCUT2D eigenvalue weighted by Gasteiger charge is 2.12. The van der Waals surface area contributed by atoms with Crippen molar-refractivity contribution in [2.45, 2.75) is 6.92 Å². The molecule has 1 aromatic heterocycles. The number of likely N-dealkylation sites (N-methyl/N-ethyl adjacent to an activating group) is 1. The molecule has 6 heteroatoms. The van der Waals surface area contributed by atoms with Crippen molar-refractivity contribution in [3.8, 4) is 0 Å². The summed E-state index contributed by atoms with van der Waals surface area (Å²) in [7, 11) is 3.28. The molecule has 0 unspecified atom stereocenters. The van der Waals surface area contributed by atoms with Gasteiger partial charge in [-0.1, -0.05) is 0 Å². The quantitative estimate of drug-likeness (QED) is 0.807. The third kappa shape index (κ3) is 2.96. The van der Waals surface area contributed by atoms with E-state index < -0.39 is 0 Å². The lowest BCUT2D eigenvalue weighted by molar-refractivity contribution is -0.127. The van der Waals surface area contributed by atoms with Crippen LogP contribution in [0.3, 0.4) is 0 Å². The van der Waals surface area contributed by atoms with Gasteiger partial charge in [0.15, 0.2) is 0 Å². The number of amides is 2. The van der Waals surface area contributed by atoms with Crippen LogP contribution in [0.1, 0.15) is 14.5 Å². The van der Waals surface area contributed by atoms with Gasteiger partial charge in [-0.2, -0.15) is 0 Å². The van der Waals surface area contributed by atoms with Crippen LogP contribution < -0.4 is 11.1 Å². The van der Waals surface area contributed by atoms with Gasteiger partial charge in [-0.25, -0.2) is 0 Å². The monoisotopic (exact) mass is 241 g/mol. The molecule has 1 rings (SSSR count). The Morgan fingerprint density at radius 1 is 1.50 bits per heavy atom. The average Bonchev–Trinajstić information content (AvgIpc) is 2.55. The van der Waals surface area contributed by atoms with Gasteiger partial charge >= 0.3 is 0 Å². The minimum atomic E-state index is -0.264. The molecule has 0 radical (unpaired) electrons. The molecule has 0 atom stereocenters. The van der Waals surface area contributed by atoms with E-state index in [1.165, 1.54) is 16.2 Å². The summed E-state index contributed by atoms with van der Waals surface area (Å²) in [5.74, 6) is -0.408. The molecule has 2 amide bonds. The van der Waals surface area contributed by atoms with Gasteiger partial charge in [0.25, 0.3) is 5.91 Å². The standard InChI is InChI=1S/C10H15N3O2S/c1-6-7(11)4-8(16-6)10(15)12-5-9(14)13(2)3/h4H,5,11H2,1-3H3,(H,12,15). The molecule has 16 heavy (non-hydrogen) atoms. The first-order valence-electron chi connectivity index (χ1n) is 4.76. The molecule has 5 nitrogen and oxygen atoms in total. The first-order valence-corrected chi connectivity index (χ1v) is 5.57. The van der Waals surface area contributed by atoms with Gasteiger partial charge in [-0.15, -0.1) is 11.3 Å². The number of nitrogen functional groups attached to an aromatic ring is 1. The van der Waals surface area contributed by atoms with Crippen LogP contribution in [0.5, 0.6) is 0 Å². The normalized spacial score (nSPS) is 9.94. The summed E-state index contributed by atoms with van der Waals surface area (Å²) >= 11 is 1.32. The van der Waals surface area contributed by atoms with Crippen LogP contribution in [0, 0.1) is 6.92 Å². The largest absolute Gasteiger partial charge is 0.398 e. The second-order valence-corrected chi connectivity index (χ2v) is 4.85. The van der Waals surface area contributed by atoms with E-state index in [0.717, 1.165) is 4.88 Å². The number of hydrogen-bond donors (Lipinski definition) is 2. The second kappa shape index (κ2) is 4.98. The highest BCUT2D eigenvalue weighted by Crippen LogP contribution is 2.22. The van der Waals surface area contributed by atoms with E-state index in [-0.39, 0.29) is 18.4 Å². The van der Waals surface area contributed by atoms with Crippen molar-refractivity contribution in [2.24, 2.45) is 0 Å². The van der Waals surface area contributed by atoms with E-state index in [2.05, 4.69) is 5.32 Å². The van der Waals surface area contributed by atoms with Crippen LogP contribution in [-0.4, -0.2) is 37.4 Å². The summed E-state index contributed by atoms with van der Waals surface area (Å²) in [4.78, 5) is 25.7. The predicted octanol–water partition coefficient (Wildman–Crippen LogP) is 0.457. The van der Waals surface area contributed by atoms with Crippen molar-refractivity contribution in [2.75, 3.05) is 26.4 Å². The zero-order chi connectivity index (χ0) is 12.3. The maximum Gasteiger partial charge on any atom is 0.261 e. The summed E-state index contributed by atoms with van der Waals surface area (Å²) in [5.41, 5.74) is 6.24. The predicted molar refractivity (Wildman–Crippen MR) is 64.5 cm³/mol. The summed E-state index contributed by atoms with van der Waals surface area (Å²) in [6, 6.07) is 1.62. The van der Waals surface area contributed by atoms with E-state index in [1.807, 2.05) is 6.92 Å². The van der Waals surface area contributed by atoms with E-state index >= 15 is 0 Å². The molecule has 0 aliphatic carbocycles. The fourth-order valence-electron chi connectivity index (χ4n) is 1.01. The molecule has 0 saturated heterocycles. The molecule has 0 saturated carbocycles. The molecule has 0 aliphatic rings. The molecule has 0 spiro atoms. The smallest absolute Gasteiger partial charge is 0.261 e. The van der Waals surface area contributed by atoms with Gasteiger partial charge in [0.05, 0.1) is 11.4 Å². The summed E-state index contributed by atoms with van der Waals surface area (Å²) < 4.78 is 0. The number of carbonyl (C=O) groups excluding carboxylic acids is 2. The molecule has 0 aliphatic heterocycles. The number of hydrogen-bond acceptors (Lipinski definition) is 4. The average molecular weight is 241 g/mol. The van der Waals surface area contributed by atoms with Crippen LogP contribution >= 0.6 is 11.3 Å². The number of nitrogens with one attached hydrogen (secondary N) is 1. The van der Waals surface area contributed by atoms with E-state index in [9.17, 15) is 9.59 Å². The number of nitrogens with two attached hydrogens (primary N) is 1. The van der Waals surface area contributed by atoms with Crippen molar-refractivity contribution in [3.05, 3.63) is 15.8 Å². The highest BCUT2D eigenvalue weighted by atomic mass is 32.1. The van der Waals surface area contributed by atoms with Crippen molar-refractivity contribution < 1.29 is 9.59 Å². The lowest BCUT2D eigenvalue weighted by atomic mass is 10.3. The fourth-order valence-corrected chi connectivity index (χ4v) is 1.87. The molecule has 1 heterocycles. The van der Waals surface area contributed by atoms with Gasteiger partial charge in [0.2, 0.25) is 5.91 Å². The molecule has 3 N–H and O–H groups in total. The minimum Gasteiger partial charge on any atom is -0.398 e. The fraction of sp³-hybridized carbons (Fsp3) is 0.400. The number of anilines is 1. The molecular weight excluding hydrogens is 226 g/mol. The van der Waals surface area contributed by atoms with Crippen LogP contribution in [0.4, 0.5) is 5.69 Å². The maximum atomic E-state index is 11.6. The van der Waals surface area contributed by atoms with E-state index in [0.29, 0.717) is 10.6 Å². The molecule has 88 valence electrons. The van der Waals surface area contributed by atoms with Gasteiger partial charge in [-0.05, 0) is 13.0 Å². The third-order valence-corrected chi connectivity index (χ3v) is 3.14. The minimum absolute atomic E-state index is 0.00266. The summed E-state index contributed by atoms with van der Waals surface area (Å²) in [6.07, 6.45) is 0. The summed E-state index contributed by atoms with van der Waals surface area (Å²) in [5, 5.41) is 2.55. The lowest BCUT2D eigenvalue weighted by Crippen LogP contribution is -2.35. The molecule has 1 aromatic rings. The van der Waals surface area contributed by atoms with E-state index in [1.54, 1.807) is 20.2 Å². The Balaban J connectivity index is 2.56. The number of rotatable bonds is 3. The molecule has 0 fully saturated rings. The van der Waals surface area contributed by atoms with Crippen LogP contribution in [0.25, 0.3) is 0 Å². The SMILES string of the molecule is Cc1sc(C(=O)NCC(=O)N(C)C)cc1N. The number of thiophene rings is 1. The first kappa shape index (κ1) is 12.5. The zero-order valence-corrected chi connectivity index (χ0v) is 10.4. The lowest BCUT2D eigenvalue weighted by Gasteiger charge is -2.10. The Labute approximate surface area is 98.2 Å². The van der Waals surface area contributed by atoms with Crippen molar-refractivity contribution in [1.29, 1.82) is 0 Å². The molecule has 0 aromatic carbocycles. The first-order chi connectivity index (χ1) is 7.41. The summed E-state index contributed by atoms with van der Waals surface area (Å²) in [6.45, 7) is 1.85. The van der Waals surface area contributed by atoms with Gasteiger partial charge in [0.1, 0.15) is 0 Å². The van der Waals surface area contributed by atoms with Gasteiger partial charge < -0.3 is 16.0 Å². The maximum absolute atomic E-state index is 11.6. The third-order valence-electron chi connectivity index (χ3n) is 2.08. The Bertz CT molecular complexity index is 393. The Morgan fingerprint density at radius 2 is 2.12 bits per heavy atom. The van der Waals surface area contributed by atoms with E-state index in [4.69, 9.17) is 5.73 Å². The number of carbonyl (C=O) groups is 2. The topological polar surface area (TPSA) is 75.4 Å². The Morgan fingerprint density at radius 3 is 2.56 bits per heavy atom. The second-order valence-electron chi connectivity index (χ2n) is 3.59. The van der Waals surface area contributed by atoms with Crippen molar-refractivity contribution in [3.63, 3.8) is 0 Å². The van der Waals surface area contributed by atoms with Crippen molar-refractivity contribution in [1.82, 2.24) is 10.2 Å².